The number of aromatic hydroxyl groups is 2. The number of anilines is 1. The summed E-state index contributed by atoms with van der Waals surface area (Å²) in [5, 5.41) is 21.8. The first-order valence-corrected chi connectivity index (χ1v) is 6.37. The van der Waals surface area contributed by atoms with E-state index in [-0.39, 0.29) is 17.1 Å². The molecular weight excluding hydrogens is 310 g/mol. The van der Waals surface area contributed by atoms with Gasteiger partial charge in [-0.05, 0) is 42.8 Å². The molecule has 0 atom stereocenters. The van der Waals surface area contributed by atoms with Gasteiger partial charge in [-0.1, -0.05) is 22.0 Å². The lowest BCUT2D eigenvalue weighted by Crippen LogP contribution is -2.12. The molecule has 0 saturated heterocycles. The predicted octanol–water partition coefficient (Wildman–Crippen LogP) is 3.42. The van der Waals surface area contributed by atoms with Crippen molar-refractivity contribution < 1.29 is 15.0 Å². The fourth-order valence-electron chi connectivity index (χ4n) is 1.68. The molecule has 0 aliphatic rings. The highest BCUT2D eigenvalue weighted by Crippen LogP contribution is 2.27. The van der Waals surface area contributed by atoms with Gasteiger partial charge in [-0.25, -0.2) is 0 Å². The second kappa shape index (κ2) is 5.32. The average molecular weight is 322 g/mol. The van der Waals surface area contributed by atoms with Crippen LogP contribution in [-0.2, 0) is 0 Å². The minimum absolute atomic E-state index is 0.136. The van der Waals surface area contributed by atoms with Crippen molar-refractivity contribution in [3.63, 3.8) is 0 Å². The van der Waals surface area contributed by atoms with E-state index in [1.165, 1.54) is 18.2 Å². The monoisotopic (exact) mass is 321 g/mol. The van der Waals surface area contributed by atoms with Gasteiger partial charge in [0, 0.05) is 10.2 Å². The first-order valence-electron chi connectivity index (χ1n) is 5.57. The average Bonchev–Trinajstić information content (AvgIpc) is 2.33. The second-order valence-electron chi connectivity index (χ2n) is 4.09. The van der Waals surface area contributed by atoms with Crippen LogP contribution in [0.2, 0.25) is 0 Å². The van der Waals surface area contributed by atoms with Crippen LogP contribution < -0.4 is 5.32 Å². The largest absolute Gasteiger partial charge is 0.507 e. The van der Waals surface area contributed by atoms with E-state index in [9.17, 15) is 15.0 Å². The first kappa shape index (κ1) is 13.4. The Morgan fingerprint density at radius 3 is 2.37 bits per heavy atom. The van der Waals surface area contributed by atoms with Crippen LogP contribution in [0.1, 0.15) is 15.9 Å². The summed E-state index contributed by atoms with van der Waals surface area (Å²) < 4.78 is 0.941. The number of hydrogen-bond donors (Lipinski definition) is 3. The summed E-state index contributed by atoms with van der Waals surface area (Å²) in [4.78, 5) is 12.0. The summed E-state index contributed by atoms with van der Waals surface area (Å²) in [6.07, 6.45) is 0. The van der Waals surface area contributed by atoms with E-state index in [2.05, 4.69) is 21.2 Å². The minimum Gasteiger partial charge on any atom is -0.507 e. The first-order chi connectivity index (χ1) is 8.99. The summed E-state index contributed by atoms with van der Waals surface area (Å²) in [5.41, 5.74) is 1.43. The Morgan fingerprint density at radius 2 is 1.79 bits per heavy atom. The Bertz CT molecular complexity index is 620. The lowest BCUT2D eigenvalue weighted by molar-refractivity contribution is 0.102. The number of hydrogen-bond acceptors (Lipinski definition) is 3. The minimum atomic E-state index is -0.558. The molecule has 98 valence electrons. The third-order valence-electron chi connectivity index (χ3n) is 2.66. The Hall–Kier alpha value is -2.01. The predicted molar refractivity (Wildman–Crippen MR) is 76.6 cm³/mol. The maximum absolute atomic E-state index is 12.0. The summed E-state index contributed by atoms with van der Waals surface area (Å²) >= 11 is 3.37. The van der Waals surface area contributed by atoms with Crippen molar-refractivity contribution >= 4 is 27.5 Å². The molecule has 4 nitrogen and oxygen atoms in total. The van der Waals surface area contributed by atoms with Crippen LogP contribution in [-0.4, -0.2) is 16.1 Å². The number of aryl methyl sites for hydroxylation is 1. The molecule has 0 bridgehead atoms. The molecule has 0 aliphatic carbocycles. The van der Waals surface area contributed by atoms with Gasteiger partial charge in [0.15, 0.2) is 0 Å². The molecule has 0 saturated carbocycles. The maximum atomic E-state index is 12.0. The topological polar surface area (TPSA) is 69.6 Å². The van der Waals surface area contributed by atoms with E-state index < -0.39 is 5.91 Å². The highest BCUT2D eigenvalue weighted by molar-refractivity contribution is 9.10. The molecule has 2 aromatic rings. The Labute approximate surface area is 118 Å². The number of phenolic OH excluding ortho intramolecular Hbond substituents is 2. The van der Waals surface area contributed by atoms with E-state index in [1.54, 1.807) is 12.1 Å². The summed E-state index contributed by atoms with van der Waals surface area (Å²) in [7, 11) is 0. The molecule has 2 aromatic carbocycles. The standard InChI is InChI=1S/C14H12BrNO3/c1-8-7-9(5-6-10(8)15)16-14(19)13-11(17)3-2-4-12(13)18/h2-7,17-18H,1H3,(H,16,19). The molecular formula is C14H12BrNO3. The van der Waals surface area contributed by atoms with Crippen LogP contribution >= 0.6 is 15.9 Å². The van der Waals surface area contributed by atoms with Crippen LogP contribution in [0.15, 0.2) is 40.9 Å². The van der Waals surface area contributed by atoms with Gasteiger partial charge in [0.2, 0.25) is 0 Å². The summed E-state index contributed by atoms with van der Waals surface area (Å²) in [5.74, 6) is -1.07. The molecule has 0 unspecified atom stereocenters. The fourth-order valence-corrected chi connectivity index (χ4v) is 1.92. The van der Waals surface area contributed by atoms with Gasteiger partial charge in [0.05, 0.1) is 0 Å². The zero-order chi connectivity index (χ0) is 14.0. The SMILES string of the molecule is Cc1cc(NC(=O)c2c(O)cccc2O)ccc1Br. The lowest BCUT2D eigenvalue weighted by Gasteiger charge is -2.09. The van der Waals surface area contributed by atoms with Gasteiger partial charge in [0.25, 0.3) is 5.91 Å². The van der Waals surface area contributed by atoms with Crippen LogP contribution in [0.25, 0.3) is 0 Å². The van der Waals surface area contributed by atoms with Gasteiger partial charge < -0.3 is 15.5 Å². The number of halogens is 1. The van der Waals surface area contributed by atoms with E-state index in [0.29, 0.717) is 5.69 Å². The number of rotatable bonds is 2. The number of amides is 1. The van der Waals surface area contributed by atoms with Crippen molar-refractivity contribution in [1.29, 1.82) is 0 Å². The highest BCUT2D eigenvalue weighted by atomic mass is 79.9. The number of carbonyl (C=O) groups excluding carboxylic acids is 1. The molecule has 2 rings (SSSR count). The molecule has 0 aromatic heterocycles. The van der Waals surface area contributed by atoms with E-state index in [4.69, 9.17) is 0 Å². The van der Waals surface area contributed by atoms with E-state index >= 15 is 0 Å². The van der Waals surface area contributed by atoms with Crippen molar-refractivity contribution in [2.24, 2.45) is 0 Å². The van der Waals surface area contributed by atoms with Crippen molar-refractivity contribution in [3.05, 3.63) is 52.0 Å². The fraction of sp³-hybridized carbons (Fsp3) is 0.0714. The van der Waals surface area contributed by atoms with Crippen molar-refractivity contribution in [2.45, 2.75) is 6.92 Å². The van der Waals surface area contributed by atoms with Crippen molar-refractivity contribution in [1.82, 2.24) is 0 Å². The van der Waals surface area contributed by atoms with Crippen LogP contribution in [0, 0.1) is 6.92 Å². The van der Waals surface area contributed by atoms with Gasteiger partial charge in [-0.3, -0.25) is 4.79 Å². The molecule has 3 N–H and O–H groups in total. The molecule has 0 aliphatic heterocycles. The molecule has 0 spiro atoms. The normalized spacial score (nSPS) is 10.2. The number of benzene rings is 2. The highest BCUT2D eigenvalue weighted by Gasteiger charge is 2.16. The Morgan fingerprint density at radius 1 is 1.16 bits per heavy atom. The van der Waals surface area contributed by atoms with E-state index in [1.807, 2.05) is 13.0 Å². The van der Waals surface area contributed by atoms with Gasteiger partial charge in [-0.15, -0.1) is 0 Å². The van der Waals surface area contributed by atoms with Crippen LogP contribution in [0.5, 0.6) is 11.5 Å². The lowest BCUT2D eigenvalue weighted by atomic mass is 10.1. The summed E-state index contributed by atoms with van der Waals surface area (Å²) in [6.45, 7) is 1.90. The number of nitrogens with one attached hydrogen (secondary N) is 1. The van der Waals surface area contributed by atoms with Gasteiger partial charge in [0.1, 0.15) is 17.1 Å². The smallest absolute Gasteiger partial charge is 0.263 e. The zero-order valence-corrected chi connectivity index (χ0v) is 11.7. The molecule has 1 amide bonds. The van der Waals surface area contributed by atoms with Crippen LogP contribution in [0.3, 0.4) is 0 Å². The Balaban J connectivity index is 2.28. The maximum Gasteiger partial charge on any atom is 0.263 e. The third-order valence-corrected chi connectivity index (χ3v) is 3.55. The molecule has 5 heteroatoms. The second-order valence-corrected chi connectivity index (χ2v) is 4.94. The molecule has 0 fully saturated rings. The summed E-state index contributed by atoms with van der Waals surface area (Å²) in [6, 6.07) is 9.49. The molecule has 0 radical (unpaired) electrons. The molecule has 0 heterocycles. The number of carbonyl (C=O) groups is 1. The van der Waals surface area contributed by atoms with Crippen molar-refractivity contribution in [2.75, 3.05) is 5.32 Å². The van der Waals surface area contributed by atoms with E-state index in [0.717, 1.165) is 10.0 Å². The number of phenols is 2. The zero-order valence-electron chi connectivity index (χ0n) is 10.1. The van der Waals surface area contributed by atoms with Gasteiger partial charge >= 0.3 is 0 Å². The van der Waals surface area contributed by atoms with Crippen LogP contribution in [0.4, 0.5) is 5.69 Å². The van der Waals surface area contributed by atoms with Gasteiger partial charge in [-0.2, -0.15) is 0 Å². The molecule has 19 heavy (non-hydrogen) atoms. The third kappa shape index (κ3) is 2.88. The Kier molecular flexibility index (Phi) is 3.76. The van der Waals surface area contributed by atoms with Crippen molar-refractivity contribution in [3.8, 4) is 11.5 Å². The quantitative estimate of drug-likeness (QED) is 0.793.